The van der Waals surface area contributed by atoms with Gasteiger partial charge in [-0.1, -0.05) is 31.6 Å². The maximum absolute atomic E-state index is 13.4. The van der Waals surface area contributed by atoms with Crippen LogP contribution in [0.25, 0.3) is 16.7 Å². The van der Waals surface area contributed by atoms with Crippen LogP contribution in [0.1, 0.15) is 36.5 Å². The van der Waals surface area contributed by atoms with Crippen molar-refractivity contribution in [2.45, 2.75) is 26.7 Å². The number of allylic oxidation sites excluding steroid dienone is 1. The first-order chi connectivity index (χ1) is 10.7. The van der Waals surface area contributed by atoms with Gasteiger partial charge in [0, 0.05) is 0 Å². The second-order valence-electron chi connectivity index (χ2n) is 5.40. The fraction of sp³-hybridized carbons (Fsp3) is 0.211. The van der Waals surface area contributed by atoms with Gasteiger partial charge in [0.1, 0.15) is 11.3 Å². The molecule has 1 aromatic heterocycles. The van der Waals surface area contributed by atoms with Crippen LogP contribution in [0.5, 0.6) is 0 Å². The average molecular weight is 295 g/mol. The van der Waals surface area contributed by atoms with E-state index in [9.17, 15) is 4.39 Å². The first kappa shape index (κ1) is 14.5. The number of rotatable bonds is 4. The Kier molecular flexibility index (Phi) is 4.05. The Hall–Kier alpha value is -2.42. The fourth-order valence-corrected chi connectivity index (χ4v) is 2.62. The molecule has 0 atom stereocenters. The largest absolute Gasteiger partial charge is 0.443 e. The van der Waals surface area contributed by atoms with Gasteiger partial charge in [0.15, 0.2) is 12.0 Å². The van der Waals surface area contributed by atoms with Crippen LogP contribution in [-0.4, -0.2) is 4.98 Å². The normalized spacial score (nSPS) is 12.0. The standard InChI is InChI=1S/C19H18FNO/c1-3-4-5-17(16-8-7-15(20)10-13(16)2)14-6-9-18-19(11-14)22-12-21-18/h5-12H,3-4H2,1-2H3. The van der Waals surface area contributed by atoms with Gasteiger partial charge < -0.3 is 4.42 Å². The summed E-state index contributed by atoms with van der Waals surface area (Å²) in [6.45, 7) is 4.08. The Balaban J connectivity index is 2.13. The van der Waals surface area contributed by atoms with Crippen LogP contribution in [0.3, 0.4) is 0 Å². The smallest absolute Gasteiger partial charge is 0.181 e. The van der Waals surface area contributed by atoms with Gasteiger partial charge in [0.2, 0.25) is 0 Å². The third kappa shape index (κ3) is 2.80. The van der Waals surface area contributed by atoms with Gasteiger partial charge in [-0.25, -0.2) is 9.37 Å². The van der Waals surface area contributed by atoms with Gasteiger partial charge in [-0.05, 0) is 59.9 Å². The maximum atomic E-state index is 13.4. The van der Waals surface area contributed by atoms with Gasteiger partial charge in [0.25, 0.3) is 0 Å². The molecule has 3 aromatic rings. The topological polar surface area (TPSA) is 26.0 Å². The molecule has 0 radical (unpaired) electrons. The number of hydrogen-bond donors (Lipinski definition) is 0. The van der Waals surface area contributed by atoms with E-state index in [1.807, 2.05) is 31.2 Å². The second-order valence-corrected chi connectivity index (χ2v) is 5.40. The van der Waals surface area contributed by atoms with Crippen LogP contribution in [-0.2, 0) is 0 Å². The van der Waals surface area contributed by atoms with Crippen LogP contribution >= 0.6 is 0 Å². The Morgan fingerprint density at radius 2 is 2.09 bits per heavy atom. The number of hydrogen-bond acceptors (Lipinski definition) is 2. The molecule has 0 aliphatic carbocycles. The predicted octanol–water partition coefficient (Wildman–Crippen LogP) is 5.51. The number of aryl methyl sites for hydroxylation is 1. The molecule has 0 spiro atoms. The van der Waals surface area contributed by atoms with E-state index in [0.29, 0.717) is 0 Å². The summed E-state index contributed by atoms with van der Waals surface area (Å²) in [6, 6.07) is 10.9. The summed E-state index contributed by atoms with van der Waals surface area (Å²) in [5.74, 6) is -0.207. The highest BCUT2D eigenvalue weighted by atomic mass is 19.1. The minimum absolute atomic E-state index is 0.207. The minimum atomic E-state index is -0.207. The van der Waals surface area contributed by atoms with Gasteiger partial charge in [0.05, 0.1) is 0 Å². The molecular formula is C19H18FNO. The van der Waals surface area contributed by atoms with Crippen molar-refractivity contribution in [2.24, 2.45) is 0 Å². The van der Waals surface area contributed by atoms with Crippen molar-refractivity contribution in [1.82, 2.24) is 4.98 Å². The SMILES string of the molecule is CCCC=C(c1ccc2ncoc2c1)c1ccc(F)cc1C. The van der Waals surface area contributed by atoms with Crippen LogP contribution in [0, 0.1) is 12.7 Å². The van der Waals surface area contributed by atoms with E-state index in [4.69, 9.17) is 4.42 Å². The summed E-state index contributed by atoms with van der Waals surface area (Å²) in [6.07, 6.45) is 5.69. The number of aromatic nitrogens is 1. The third-order valence-electron chi connectivity index (χ3n) is 3.76. The van der Waals surface area contributed by atoms with Crippen LogP contribution in [0.4, 0.5) is 4.39 Å². The molecule has 3 rings (SSSR count). The Morgan fingerprint density at radius 1 is 1.23 bits per heavy atom. The average Bonchev–Trinajstić information content (AvgIpc) is 2.97. The molecule has 0 bridgehead atoms. The van der Waals surface area contributed by atoms with Crippen molar-refractivity contribution in [1.29, 1.82) is 0 Å². The van der Waals surface area contributed by atoms with E-state index in [1.165, 1.54) is 12.5 Å². The third-order valence-corrected chi connectivity index (χ3v) is 3.76. The zero-order valence-corrected chi connectivity index (χ0v) is 12.8. The predicted molar refractivity (Wildman–Crippen MR) is 87.1 cm³/mol. The van der Waals surface area contributed by atoms with Gasteiger partial charge in [-0.15, -0.1) is 0 Å². The van der Waals surface area contributed by atoms with E-state index in [-0.39, 0.29) is 5.82 Å². The van der Waals surface area contributed by atoms with Gasteiger partial charge in [-0.3, -0.25) is 0 Å². The molecule has 0 amide bonds. The van der Waals surface area contributed by atoms with E-state index < -0.39 is 0 Å². The quantitative estimate of drug-likeness (QED) is 0.634. The molecule has 0 saturated heterocycles. The van der Waals surface area contributed by atoms with Crippen molar-refractivity contribution < 1.29 is 8.81 Å². The molecular weight excluding hydrogens is 277 g/mol. The molecule has 0 aliphatic heterocycles. The van der Waals surface area contributed by atoms with Crippen LogP contribution in [0.2, 0.25) is 0 Å². The Labute approximate surface area is 129 Å². The number of benzene rings is 2. The summed E-state index contributed by atoms with van der Waals surface area (Å²) < 4.78 is 18.8. The highest BCUT2D eigenvalue weighted by Crippen LogP contribution is 2.29. The van der Waals surface area contributed by atoms with E-state index >= 15 is 0 Å². The summed E-state index contributed by atoms with van der Waals surface area (Å²) >= 11 is 0. The number of fused-ring (bicyclic) bond motifs is 1. The number of halogens is 1. The summed E-state index contributed by atoms with van der Waals surface area (Å²) in [5, 5.41) is 0. The lowest BCUT2D eigenvalue weighted by Gasteiger charge is -2.12. The number of oxazole rings is 1. The van der Waals surface area contributed by atoms with Crippen molar-refractivity contribution in [3.63, 3.8) is 0 Å². The first-order valence-electron chi connectivity index (χ1n) is 7.49. The molecule has 22 heavy (non-hydrogen) atoms. The lowest BCUT2D eigenvalue weighted by molar-refractivity contribution is 0.602. The number of nitrogens with zero attached hydrogens (tertiary/aromatic N) is 1. The Morgan fingerprint density at radius 3 is 2.86 bits per heavy atom. The summed E-state index contributed by atoms with van der Waals surface area (Å²) in [5.41, 5.74) is 5.76. The van der Waals surface area contributed by atoms with Crippen molar-refractivity contribution in [3.05, 3.63) is 71.4 Å². The highest BCUT2D eigenvalue weighted by Gasteiger charge is 2.10. The van der Waals surface area contributed by atoms with Gasteiger partial charge in [-0.2, -0.15) is 0 Å². The lowest BCUT2D eigenvalue weighted by atomic mass is 9.93. The maximum Gasteiger partial charge on any atom is 0.181 e. The van der Waals surface area contributed by atoms with Crippen LogP contribution in [0.15, 0.2) is 53.3 Å². The molecule has 1 heterocycles. The van der Waals surface area contributed by atoms with E-state index in [2.05, 4.69) is 18.0 Å². The molecule has 2 nitrogen and oxygen atoms in total. The zero-order valence-electron chi connectivity index (χ0n) is 12.8. The Bertz CT molecular complexity index is 832. The van der Waals surface area contributed by atoms with Crippen molar-refractivity contribution in [3.8, 4) is 0 Å². The van der Waals surface area contributed by atoms with E-state index in [0.717, 1.165) is 46.2 Å². The van der Waals surface area contributed by atoms with Crippen molar-refractivity contribution in [2.75, 3.05) is 0 Å². The molecule has 0 unspecified atom stereocenters. The molecule has 0 fully saturated rings. The van der Waals surface area contributed by atoms with Gasteiger partial charge >= 0.3 is 0 Å². The summed E-state index contributed by atoms with van der Waals surface area (Å²) in [4.78, 5) is 4.15. The molecule has 2 aromatic carbocycles. The monoisotopic (exact) mass is 295 g/mol. The molecule has 0 saturated carbocycles. The zero-order chi connectivity index (χ0) is 15.5. The number of unbranched alkanes of at least 4 members (excludes halogenated alkanes) is 1. The molecule has 0 N–H and O–H groups in total. The lowest BCUT2D eigenvalue weighted by Crippen LogP contribution is -1.93. The summed E-state index contributed by atoms with van der Waals surface area (Å²) in [7, 11) is 0. The van der Waals surface area contributed by atoms with E-state index in [1.54, 1.807) is 6.07 Å². The van der Waals surface area contributed by atoms with Crippen LogP contribution < -0.4 is 0 Å². The highest BCUT2D eigenvalue weighted by molar-refractivity contribution is 5.86. The molecule has 3 heteroatoms. The molecule has 112 valence electrons. The fourth-order valence-electron chi connectivity index (χ4n) is 2.62. The van der Waals surface area contributed by atoms with Crippen molar-refractivity contribution >= 4 is 16.7 Å². The first-order valence-corrected chi connectivity index (χ1v) is 7.49. The minimum Gasteiger partial charge on any atom is -0.443 e. The second kappa shape index (κ2) is 6.14. The molecule has 0 aliphatic rings.